The van der Waals surface area contributed by atoms with Crippen LogP contribution in [0.4, 0.5) is 5.69 Å². The molecule has 0 aliphatic carbocycles. The summed E-state index contributed by atoms with van der Waals surface area (Å²) in [6.45, 7) is 0. The van der Waals surface area contributed by atoms with Gasteiger partial charge in [0.2, 0.25) is 0 Å². The average molecular weight is 265 g/mol. The van der Waals surface area contributed by atoms with Gasteiger partial charge in [-0.1, -0.05) is 11.6 Å². The van der Waals surface area contributed by atoms with Crippen molar-refractivity contribution in [2.24, 2.45) is 0 Å². The number of carbonyl (C=O) groups is 1. The largest absolute Gasteiger partial charge is 0.465 e. The molecule has 1 aromatic carbocycles. The maximum Gasteiger partial charge on any atom is 0.337 e. The standard InChI is InChI=1S/C8H7BrClNO2/c1-13-8(12)4-2-5(9)7(11)6(10)3-4/h2-3H,11H2,1H3. The first kappa shape index (κ1) is 10.3. The minimum absolute atomic E-state index is 0.328. The van der Waals surface area contributed by atoms with Crippen LogP contribution in [0, 0.1) is 0 Å². The lowest BCUT2D eigenvalue weighted by molar-refractivity contribution is 0.0600. The Balaban J connectivity index is 3.20. The van der Waals surface area contributed by atoms with Crippen molar-refractivity contribution in [1.29, 1.82) is 0 Å². The molecule has 2 N–H and O–H groups in total. The van der Waals surface area contributed by atoms with Gasteiger partial charge in [-0.15, -0.1) is 0 Å². The average Bonchev–Trinajstić information content (AvgIpc) is 2.12. The number of anilines is 1. The van der Waals surface area contributed by atoms with Gasteiger partial charge in [0.1, 0.15) is 0 Å². The fourth-order valence-electron chi connectivity index (χ4n) is 0.820. The molecule has 1 rings (SSSR count). The fraction of sp³-hybridized carbons (Fsp3) is 0.125. The zero-order valence-corrected chi connectivity index (χ0v) is 9.15. The van der Waals surface area contributed by atoms with Crippen LogP contribution in [0.25, 0.3) is 0 Å². The third-order valence-electron chi connectivity index (χ3n) is 1.50. The number of nitrogen functional groups attached to an aromatic ring is 1. The van der Waals surface area contributed by atoms with E-state index in [4.69, 9.17) is 17.3 Å². The van der Waals surface area contributed by atoms with Gasteiger partial charge >= 0.3 is 5.97 Å². The normalized spacial score (nSPS) is 9.77. The molecule has 0 atom stereocenters. The van der Waals surface area contributed by atoms with Crippen molar-refractivity contribution in [2.45, 2.75) is 0 Å². The van der Waals surface area contributed by atoms with Crippen LogP contribution in [0.3, 0.4) is 0 Å². The second-order valence-corrected chi connectivity index (χ2v) is 3.61. The molecule has 0 aromatic heterocycles. The second kappa shape index (κ2) is 3.98. The highest BCUT2D eigenvalue weighted by molar-refractivity contribution is 9.10. The predicted octanol–water partition coefficient (Wildman–Crippen LogP) is 2.47. The van der Waals surface area contributed by atoms with Crippen LogP contribution in [0.1, 0.15) is 10.4 Å². The van der Waals surface area contributed by atoms with E-state index < -0.39 is 5.97 Å². The Bertz CT molecular complexity index is 331. The second-order valence-electron chi connectivity index (χ2n) is 2.35. The van der Waals surface area contributed by atoms with E-state index in [1.54, 1.807) is 6.07 Å². The Kier molecular flexibility index (Phi) is 3.17. The molecule has 70 valence electrons. The van der Waals surface area contributed by atoms with Crippen LogP contribution < -0.4 is 5.73 Å². The van der Waals surface area contributed by atoms with Crippen molar-refractivity contribution in [2.75, 3.05) is 12.8 Å². The summed E-state index contributed by atoms with van der Waals surface area (Å²) in [5.74, 6) is -0.442. The highest BCUT2D eigenvalue weighted by Crippen LogP contribution is 2.29. The summed E-state index contributed by atoms with van der Waals surface area (Å²) >= 11 is 8.93. The third-order valence-corrected chi connectivity index (χ3v) is 2.47. The van der Waals surface area contributed by atoms with Crippen LogP contribution in [0.5, 0.6) is 0 Å². The summed E-state index contributed by atoms with van der Waals surface area (Å²) in [5.41, 5.74) is 6.34. The van der Waals surface area contributed by atoms with Gasteiger partial charge in [-0.05, 0) is 28.1 Å². The van der Waals surface area contributed by atoms with Crippen LogP contribution >= 0.6 is 27.5 Å². The van der Waals surface area contributed by atoms with Crippen LogP contribution in [0.2, 0.25) is 5.02 Å². The van der Waals surface area contributed by atoms with E-state index >= 15 is 0 Å². The molecule has 0 spiro atoms. The third kappa shape index (κ3) is 2.14. The molecule has 1 aromatic rings. The van der Waals surface area contributed by atoms with Crippen molar-refractivity contribution < 1.29 is 9.53 Å². The number of nitrogens with two attached hydrogens (primary N) is 1. The number of hydrogen-bond acceptors (Lipinski definition) is 3. The Morgan fingerprint density at radius 2 is 2.23 bits per heavy atom. The van der Waals surface area contributed by atoms with Gasteiger partial charge in [-0.3, -0.25) is 0 Å². The van der Waals surface area contributed by atoms with Gasteiger partial charge in [0.25, 0.3) is 0 Å². The van der Waals surface area contributed by atoms with Gasteiger partial charge in [-0.2, -0.15) is 0 Å². The number of benzene rings is 1. The zero-order chi connectivity index (χ0) is 10.0. The topological polar surface area (TPSA) is 52.3 Å². The SMILES string of the molecule is COC(=O)c1cc(Cl)c(N)c(Br)c1. The van der Waals surface area contributed by atoms with Gasteiger partial charge in [0.05, 0.1) is 23.4 Å². The Morgan fingerprint density at radius 1 is 1.62 bits per heavy atom. The van der Waals surface area contributed by atoms with E-state index in [9.17, 15) is 4.79 Å². The number of ether oxygens (including phenoxy) is 1. The van der Waals surface area contributed by atoms with E-state index in [2.05, 4.69) is 20.7 Å². The minimum atomic E-state index is -0.442. The van der Waals surface area contributed by atoms with E-state index in [0.29, 0.717) is 20.7 Å². The molecule has 0 saturated carbocycles. The summed E-state index contributed by atoms with van der Waals surface area (Å²) in [6, 6.07) is 3.03. The lowest BCUT2D eigenvalue weighted by Gasteiger charge is -2.04. The molecular formula is C8H7BrClNO2. The van der Waals surface area contributed by atoms with Crippen molar-refractivity contribution in [3.8, 4) is 0 Å². The molecule has 3 nitrogen and oxygen atoms in total. The lowest BCUT2D eigenvalue weighted by atomic mass is 10.2. The van der Waals surface area contributed by atoms with Gasteiger partial charge < -0.3 is 10.5 Å². The van der Waals surface area contributed by atoms with Crippen molar-refractivity contribution in [3.63, 3.8) is 0 Å². The molecular weight excluding hydrogens is 257 g/mol. The number of halogens is 2. The Labute approximate surface area is 88.9 Å². The highest BCUT2D eigenvalue weighted by Gasteiger charge is 2.10. The molecule has 0 aliphatic rings. The molecule has 0 unspecified atom stereocenters. The van der Waals surface area contributed by atoms with Gasteiger partial charge in [0.15, 0.2) is 0 Å². The smallest absolute Gasteiger partial charge is 0.337 e. The lowest BCUT2D eigenvalue weighted by Crippen LogP contribution is -2.02. The van der Waals surface area contributed by atoms with Crippen LogP contribution in [-0.4, -0.2) is 13.1 Å². The highest BCUT2D eigenvalue weighted by atomic mass is 79.9. The summed E-state index contributed by atoms with van der Waals surface area (Å²) in [6.07, 6.45) is 0. The summed E-state index contributed by atoms with van der Waals surface area (Å²) in [5, 5.41) is 0.328. The van der Waals surface area contributed by atoms with E-state index in [1.807, 2.05) is 0 Å². The Morgan fingerprint density at radius 3 is 2.69 bits per heavy atom. The Hall–Kier alpha value is -0.740. The van der Waals surface area contributed by atoms with E-state index in [0.717, 1.165) is 0 Å². The number of carbonyl (C=O) groups excluding carboxylic acids is 1. The molecule has 0 aliphatic heterocycles. The first-order valence-corrected chi connectivity index (χ1v) is 4.56. The van der Waals surface area contributed by atoms with E-state index in [1.165, 1.54) is 13.2 Å². The molecule has 13 heavy (non-hydrogen) atoms. The minimum Gasteiger partial charge on any atom is -0.465 e. The number of hydrogen-bond donors (Lipinski definition) is 1. The summed E-state index contributed by atoms with van der Waals surface area (Å²) < 4.78 is 5.11. The van der Waals surface area contributed by atoms with Crippen LogP contribution in [0.15, 0.2) is 16.6 Å². The van der Waals surface area contributed by atoms with Gasteiger partial charge in [0, 0.05) is 4.47 Å². The summed E-state index contributed by atoms with van der Waals surface area (Å²) in [7, 11) is 1.31. The summed E-state index contributed by atoms with van der Waals surface area (Å²) in [4.78, 5) is 11.1. The molecule has 0 saturated heterocycles. The first-order valence-electron chi connectivity index (χ1n) is 3.39. The van der Waals surface area contributed by atoms with E-state index in [-0.39, 0.29) is 0 Å². The van der Waals surface area contributed by atoms with Gasteiger partial charge in [-0.25, -0.2) is 4.79 Å². The number of rotatable bonds is 1. The zero-order valence-electron chi connectivity index (χ0n) is 6.80. The van der Waals surface area contributed by atoms with Crippen LogP contribution in [-0.2, 0) is 4.74 Å². The number of esters is 1. The molecule has 0 bridgehead atoms. The van der Waals surface area contributed by atoms with Crippen molar-refractivity contribution in [1.82, 2.24) is 0 Å². The number of methoxy groups -OCH3 is 1. The van der Waals surface area contributed by atoms with Crippen molar-refractivity contribution >= 4 is 39.2 Å². The quantitative estimate of drug-likeness (QED) is 0.626. The molecule has 0 radical (unpaired) electrons. The fourth-order valence-corrected chi connectivity index (χ4v) is 1.61. The first-order chi connectivity index (χ1) is 6.06. The maximum atomic E-state index is 11.1. The van der Waals surface area contributed by atoms with Crippen molar-refractivity contribution in [3.05, 3.63) is 27.2 Å². The molecule has 5 heteroatoms. The maximum absolute atomic E-state index is 11.1. The monoisotopic (exact) mass is 263 g/mol. The predicted molar refractivity (Wildman–Crippen MR) is 54.9 cm³/mol. The molecule has 0 amide bonds. The molecule has 0 fully saturated rings. The molecule has 0 heterocycles.